The Morgan fingerprint density at radius 2 is 2.17 bits per heavy atom. The molecule has 1 aliphatic carbocycles. The summed E-state index contributed by atoms with van der Waals surface area (Å²) in [5.41, 5.74) is 0. The van der Waals surface area contributed by atoms with Crippen LogP contribution in [0.1, 0.15) is 25.7 Å². The third-order valence-corrected chi connectivity index (χ3v) is 3.62. The van der Waals surface area contributed by atoms with E-state index in [1.165, 1.54) is 12.8 Å². The number of ether oxygens (including phenoxy) is 1. The van der Waals surface area contributed by atoms with E-state index in [1.54, 1.807) is 4.90 Å². The summed E-state index contributed by atoms with van der Waals surface area (Å²) in [5, 5.41) is 11.9. The number of carbonyl (C=O) groups excluding carboxylic acids is 1. The average molecular weight is 256 g/mol. The zero-order valence-electron chi connectivity index (χ0n) is 10.9. The van der Waals surface area contributed by atoms with Crippen LogP contribution >= 0.6 is 0 Å². The molecule has 2 fully saturated rings. The zero-order valence-corrected chi connectivity index (χ0v) is 10.9. The van der Waals surface area contributed by atoms with Crippen LogP contribution in [0.5, 0.6) is 0 Å². The van der Waals surface area contributed by atoms with E-state index in [0.29, 0.717) is 13.1 Å². The molecule has 1 atom stereocenters. The summed E-state index contributed by atoms with van der Waals surface area (Å²) < 4.78 is 5.50. The molecule has 0 aromatic heterocycles. The number of nitrogens with zero attached hydrogens (tertiary/aromatic N) is 1. The zero-order chi connectivity index (χ0) is 12.8. The lowest BCUT2D eigenvalue weighted by atomic mass is 10.1. The number of hydrogen-bond acceptors (Lipinski definition) is 3. The first-order valence-corrected chi connectivity index (χ1v) is 7.01. The molecule has 5 heteroatoms. The predicted molar refractivity (Wildman–Crippen MR) is 68.3 cm³/mol. The maximum atomic E-state index is 11.8. The Balaban J connectivity index is 1.46. The lowest BCUT2D eigenvalue weighted by molar-refractivity contribution is 0.122. The van der Waals surface area contributed by atoms with Gasteiger partial charge in [0.2, 0.25) is 0 Å². The summed E-state index contributed by atoms with van der Waals surface area (Å²) in [4.78, 5) is 13.5. The molecular weight excluding hydrogens is 232 g/mol. The average Bonchev–Trinajstić information content (AvgIpc) is 3.07. The SMILES string of the molecule is O=C(NCCCOCC1CC1)N1CCC(CO)C1. The highest BCUT2D eigenvalue weighted by atomic mass is 16.5. The predicted octanol–water partition coefficient (Wildman–Crippen LogP) is 0.827. The largest absolute Gasteiger partial charge is 0.396 e. The molecule has 5 nitrogen and oxygen atoms in total. The minimum atomic E-state index is -0.00635. The molecule has 1 aliphatic heterocycles. The summed E-state index contributed by atoms with van der Waals surface area (Å²) in [6, 6.07) is -0.00635. The van der Waals surface area contributed by atoms with E-state index in [4.69, 9.17) is 9.84 Å². The number of hydrogen-bond donors (Lipinski definition) is 2. The van der Waals surface area contributed by atoms with Crippen LogP contribution in [-0.4, -0.2) is 55.5 Å². The fourth-order valence-corrected chi connectivity index (χ4v) is 2.18. The molecule has 0 spiro atoms. The highest BCUT2D eigenvalue weighted by Gasteiger charge is 2.25. The lowest BCUT2D eigenvalue weighted by Crippen LogP contribution is -2.39. The molecule has 2 rings (SSSR count). The monoisotopic (exact) mass is 256 g/mol. The molecule has 1 unspecified atom stereocenters. The second-order valence-electron chi connectivity index (χ2n) is 5.39. The Morgan fingerprint density at radius 1 is 1.33 bits per heavy atom. The van der Waals surface area contributed by atoms with Crippen LogP contribution in [0, 0.1) is 11.8 Å². The third kappa shape index (κ3) is 4.46. The van der Waals surface area contributed by atoms with E-state index in [2.05, 4.69) is 5.32 Å². The van der Waals surface area contributed by atoms with Gasteiger partial charge in [-0.2, -0.15) is 0 Å². The van der Waals surface area contributed by atoms with Crippen LogP contribution in [0.15, 0.2) is 0 Å². The summed E-state index contributed by atoms with van der Waals surface area (Å²) in [6.45, 7) is 3.91. The lowest BCUT2D eigenvalue weighted by Gasteiger charge is -2.17. The minimum Gasteiger partial charge on any atom is -0.396 e. The summed E-state index contributed by atoms with van der Waals surface area (Å²) >= 11 is 0. The fourth-order valence-electron chi connectivity index (χ4n) is 2.18. The van der Waals surface area contributed by atoms with Gasteiger partial charge in [-0.15, -0.1) is 0 Å². The van der Waals surface area contributed by atoms with Crippen molar-refractivity contribution in [3.05, 3.63) is 0 Å². The van der Waals surface area contributed by atoms with Gasteiger partial charge in [0, 0.05) is 45.4 Å². The highest BCUT2D eigenvalue weighted by Crippen LogP contribution is 2.28. The van der Waals surface area contributed by atoms with Gasteiger partial charge in [0.15, 0.2) is 0 Å². The van der Waals surface area contributed by atoms with Crippen LogP contribution in [0.3, 0.4) is 0 Å². The number of aliphatic hydroxyl groups is 1. The molecule has 0 radical (unpaired) electrons. The molecule has 2 aliphatic rings. The molecule has 0 aromatic rings. The van der Waals surface area contributed by atoms with E-state index in [9.17, 15) is 4.79 Å². The topological polar surface area (TPSA) is 61.8 Å². The number of aliphatic hydroxyl groups excluding tert-OH is 1. The number of carbonyl (C=O) groups is 1. The standard InChI is InChI=1S/C13H24N2O3/c16-9-12-4-6-15(8-12)13(17)14-5-1-7-18-10-11-2-3-11/h11-12,16H,1-10H2,(H,14,17). The minimum absolute atomic E-state index is 0.00635. The van der Waals surface area contributed by atoms with Gasteiger partial charge in [-0.05, 0) is 31.6 Å². The Labute approximate surface area is 108 Å². The van der Waals surface area contributed by atoms with E-state index in [1.807, 2.05) is 0 Å². The van der Waals surface area contributed by atoms with Gasteiger partial charge < -0.3 is 20.1 Å². The van der Waals surface area contributed by atoms with Crippen molar-refractivity contribution in [2.75, 3.05) is 39.5 Å². The van der Waals surface area contributed by atoms with Crippen LogP contribution in [-0.2, 0) is 4.74 Å². The first-order chi connectivity index (χ1) is 8.79. The Morgan fingerprint density at radius 3 is 2.83 bits per heavy atom. The van der Waals surface area contributed by atoms with Crippen LogP contribution in [0.2, 0.25) is 0 Å². The van der Waals surface area contributed by atoms with Crippen molar-refractivity contribution < 1.29 is 14.6 Å². The van der Waals surface area contributed by atoms with Crippen LogP contribution < -0.4 is 5.32 Å². The van der Waals surface area contributed by atoms with Crippen molar-refractivity contribution in [1.29, 1.82) is 0 Å². The maximum Gasteiger partial charge on any atom is 0.317 e. The highest BCUT2D eigenvalue weighted by molar-refractivity contribution is 5.74. The molecule has 1 saturated carbocycles. The van der Waals surface area contributed by atoms with Crippen molar-refractivity contribution in [2.24, 2.45) is 11.8 Å². The molecule has 18 heavy (non-hydrogen) atoms. The third-order valence-electron chi connectivity index (χ3n) is 3.62. The van der Waals surface area contributed by atoms with Crippen molar-refractivity contribution in [3.63, 3.8) is 0 Å². The van der Waals surface area contributed by atoms with Crippen LogP contribution in [0.4, 0.5) is 4.79 Å². The fraction of sp³-hybridized carbons (Fsp3) is 0.923. The molecule has 104 valence electrons. The molecular formula is C13H24N2O3. The van der Waals surface area contributed by atoms with Gasteiger partial charge in [-0.1, -0.05) is 0 Å². The van der Waals surface area contributed by atoms with Gasteiger partial charge in [-0.3, -0.25) is 0 Å². The van der Waals surface area contributed by atoms with E-state index >= 15 is 0 Å². The van der Waals surface area contributed by atoms with Crippen molar-refractivity contribution in [3.8, 4) is 0 Å². The quantitative estimate of drug-likeness (QED) is 0.663. The second kappa shape index (κ2) is 6.95. The number of urea groups is 1. The molecule has 1 heterocycles. The van der Waals surface area contributed by atoms with Gasteiger partial charge in [-0.25, -0.2) is 4.79 Å². The van der Waals surface area contributed by atoms with E-state index in [0.717, 1.165) is 38.5 Å². The second-order valence-corrected chi connectivity index (χ2v) is 5.39. The molecule has 0 bridgehead atoms. The Hall–Kier alpha value is -0.810. The van der Waals surface area contributed by atoms with E-state index in [-0.39, 0.29) is 18.6 Å². The Bertz CT molecular complexity index is 269. The van der Waals surface area contributed by atoms with Gasteiger partial charge in [0.25, 0.3) is 0 Å². The number of likely N-dealkylation sites (tertiary alicyclic amines) is 1. The van der Waals surface area contributed by atoms with Crippen molar-refractivity contribution in [2.45, 2.75) is 25.7 Å². The summed E-state index contributed by atoms with van der Waals surface area (Å²) in [7, 11) is 0. The summed E-state index contributed by atoms with van der Waals surface area (Å²) in [6.07, 6.45) is 4.42. The maximum absolute atomic E-state index is 11.8. The molecule has 0 aromatic carbocycles. The first-order valence-electron chi connectivity index (χ1n) is 7.01. The van der Waals surface area contributed by atoms with Crippen LogP contribution in [0.25, 0.3) is 0 Å². The molecule has 1 saturated heterocycles. The smallest absolute Gasteiger partial charge is 0.317 e. The van der Waals surface area contributed by atoms with E-state index < -0.39 is 0 Å². The molecule has 2 N–H and O–H groups in total. The van der Waals surface area contributed by atoms with Crippen molar-refractivity contribution >= 4 is 6.03 Å². The Kier molecular flexibility index (Phi) is 5.26. The first kappa shape index (κ1) is 13.6. The van der Waals surface area contributed by atoms with Gasteiger partial charge in [0.1, 0.15) is 0 Å². The normalized spacial score (nSPS) is 23.4. The number of rotatable bonds is 7. The van der Waals surface area contributed by atoms with Gasteiger partial charge >= 0.3 is 6.03 Å². The summed E-state index contributed by atoms with van der Waals surface area (Å²) in [5.74, 6) is 1.07. The van der Waals surface area contributed by atoms with Crippen molar-refractivity contribution in [1.82, 2.24) is 10.2 Å². The van der Waals surface area contributed by atoms with Gasteiger partial charge in [0.05, 0.1) is 0 Å². The molecule has 2 amide bonds. The number of amides is 2. The number of nitrogens with one attached hydrogen (secondary N) is 1.